The molecule has 1 heteroatoms. The van der Waals surface area contributed by atoms with E-state index in [1.807, 2.05) is 6.92 Å². The quantitative estimate of drug-likeness (QED) is 0.611. The number of aliphatic hydroxyl groups excluding tert-OH is 1. The molecule has 0 saturated carbocycles. The Hall–Kier alpha value is -1.08. The average molecular weight is 288 g/mol. The zero-order valence-electron chi connectivity index (χ0n) is 14.3. The lowest BCUT2D eigenvalue weighted by molar-refractivity contribution is 0.182. The Balaban J connectivity index is 2.89. The van der Waals surface area contributed by atoms with Gasteiger partial charge in [0.2, 0.25) is 0 Å². The standard InChI is InChI=1S/C20H32O/c1-15(2)19-13-12-17(4)9-6-8-16(3)10-7-11-18(5)20(21)14-19/h8,11-12,19-21H,1,6-7,9-10,13-14H2,2-5H3/b16-8-,17-12+,18-11-/t19-,20-/m0/s1. The molecule has 21 heavy (non-hydrogen) atoms. The second kappa shape index (κ2) is 9.04. The molecule has 0 saturated heterocycles. The summed E-state index contributed by atoms with van der Waals surface area (Å²) >= 11 is 0. The fraction of sp³-hybridized carbons (Fsp3) is 0.600. The fourth-order valence-corrected chi connectivity index (χ4v) is 2.71. The SMILES string of the molecule is C=C(C)[C@H]1C/C=C(\C)CC/C=C(/C)CC/C=C(/C)[C@@H](O)C1. The lowest BCUT2D eigenvalue weighted by atomic mass is 9.88. The predicted octanol–water partition coefficient (Wildman–Crippen LogP) is 5.73. The molecule has 0 unspecified atom stereocenters. The van der Waals surface area contributed by atoms with Crippen molar-refractivity contribution in [2.24, 2.45) is 5.92 Å². The minimum Gasteiger partial charge on any atom is -0.389 e. The summed E-state index contributed by atoms with van der Waals surface area (Å²) in [7, 11) is 0. The molecule has 0 fully saturated rings. The molecule has 1 aliphatic rings. The van der Waals surface area contributed by atoms with Crippen molar-refractivity contribution in [2.75, 3.05) is 0 Å². The van der Waals surface area contributed by atoms with E-state index in [4.69, 9.17) is 0 Å². The van der Waals surface area contributed by atoms with Crippen LogP contribution in [0, 0.1) is 5.92 Å². The van der Waals surface area contributed by atoms with Gasteiger partial charge in [0.15, 0.2) is 0 Å². The van der Waals surface area contributed by atoms with Crippen molar-refractivity contribution < 1.29 is 5.11 Å². The Morgan fingerprint density at radius 3 is 2.24 bits per heavy atom. The van der Waals surface area contributed by atoms with Crippen LogP contribution in [0.5, 0.6) is 0 Å². The van der Waals surface area contributed by atoms with Gasteiger partial charge in [-0.15, -0.1) is 0 Å². The maximum absolute atomic E-state index is 10.4. The van der Waals surface area contributed by atoms with Crippen LogP contribution in [0.1, 0.15) is 66.2 Å². The van der Waals surface area contributed by atoms with Crippen LogP contribution in [0.2, 0.25) is 0 Å². The minimum atomic E-state index is -0.340. The van der Waals surface area contributed by atoms with Crippen LogP contribution in [0.25, 0.3) is 0 Å². The van der Waals surface area contributed by atoms with Crippen molar-refractivity contribution in [3.05, 3.63) is 47.1 Å². The molecule has 0 aromatic carbocycles. The Bertz CT molecular complexity index is 437. The summed E-state index contributed by atoms with van der Waals surface area (Å²) in [5, 5.41) is 10.4. The van der Waals surface area contributed by atoms with Crippen molar-refractivity contribution in [3.8, 4) is 0 Å². The molecule has 0 amide bonds. The third-order valence-electron chi connectivity index (χ3n) is 4.52. The second-order valence-electron chi connectivity index (χ2n) is 6.66. The monoisotopic (exact) mass is 288 g/mol. The first-order valence-electron chi connectivity index (χ1n) is 8.21. The van der Waals surface area contributed by atoms with Gasteiger partial charge in [-0.2, -0.15) is 0 Å². The molecular formula is C20H32O. The van der Waals surface area contributed by atoms with Gasteiger partial charge >= 0.3 is 0 Å². The van der Waals surface area contributed by atoms with Crippen molar-refractivity contribution in [3.63, 3.8) is 0 Å². The molecule has 1 nitrogen and oxygen atoms in total. The third kappa shape index (κ3) is 6.95. The Labute approximate surface area is 131 Å². The third-order valence-corrected chi connectivity index (χ3v) is 4.52. The van der Waals surface area contributed by atoms with Crippen molar-refractivity contribution >= 4 is 0 Å². The first-order chi connectivity index (χ1) is 9.90. The number of hydrogen-bond acceptors (Lipinski definition) is 1. The van der Waals surface area contributed by atoms with Crippen molar-refractivity contribution in [1.82, 2.24) is 0 Å². The molecule has 118 valence electrons. The summed E-state index contributed by atoms with van der Waals surface area (Å²) in [6.45, 7) is 12.7. The minimum absolute atomic E-state index is 0.340. The number of hydrogen-bond donors (Lipinski definition) is 1. The van der Waals surface area contributed by atoms with E-state index in [0.717, 1.165) is 44.1 Å². The summed E-state index contributed by atoms with van der Waals surface area (Å²) in [4.78, 5) is 0. The first kappa shape index (κ1) is 18.0. The van der Waals surface area contributed by atoms with Crippen LogP contribution in [0.3, 0.4) is 0 Å². The summed E-state index contributed by atoms with van der Waals surface area (Å²) in [6.07, 6.45) is 12.7. The predicted molar refractivity (Wildman–Crippen MR) is 93.3 cm³/mol. The summed E-state index contributed by atoms with van der Waals surface area (Å²) in [5.41, 5.74) is 5.18. The number of aliphatic hydroxyl groups is 1. The van der Waals surface area contributed by atoms with E-state index in [1.54, 1.807) is 0 Å². The normalized spacial score (nSPS) is 33.7. The van der Waals surface area contributed by atoms with Crippen LogP contribution < -0.4 is 0 Å². The molecule has 1 N–H and O–H groups in total. The summed E-state index contributed by atoms with van der Waals surface area (Å²) < 4.78 is 0. The highest BCUT2D eigenvalue weighted by Crippen LogP contribution is 2.25. The second-order valence-corrected chi connectivity index (χ2v) is 6.66. The maximum atomic E-state index is 10.4. The largest absolute Gasteiger partial charge is 0.389 e. The van der Waals surface area contributed by atoms with Crippen LogP contribution in [-0.4, -0.2) is 11.2 Å². The molecule has 0 aliphatic heterocycles. The molecule has 0 spiro atoms. The van der Waals surface area contributed by atoms with Crippen LogP contribution >= 0.6 is 0 Å². The highest BCUT2D eigenvalue weighted by Gasteiger charge is 2.15. The van der Waals surface area contributed by atoms with Gasteiger partial charge in [0.05, 0.1) is 6.10 Å². The van der Waals surface area contributed by atoms with Gasteiger partial charge in [-0.05, 0) is 77.7 Å². The average Bonchev–Trinajstić information content (AvgIpc) is 2.41. The topological polar surface area (TPSA) is 20.2 Å². The van der Waals surface area contributed by atoms with E-state index in [1.165, 1.54) is 16.7 Å². The Morgan fingerprint density at radius 1 is 1.05 bits per heavy atom. The van der Waals surface area contributed by atoms with E-state index in [0.29, 0.717) is 5.92 Å². The van der Waals surface area contributed by atoms with Crippen molar-refractivity contribution in [1.29, 1.82) is 0 Å². The van der Waals surface area contributed by atoms with Gasteiger partial charge in [0.25, 0.3) is 0 Å². The van der Waals surface area contributed by atoms with E-state index >= 15 is 0 Å². The molecule has 0 heterocycles. The highest BCUT2D eigenvalue weighted by atomic mass is 16.3. The van der Waals surface area contributed by atoms with Crippen LogP contribution in [0.4, 0.5) is 0 Å². The highest BCUT2D eigenvalue weighted by molar-refractivity contribution is 5.12. The van der Waals surface area contributed by atoms with Crippen LogP contribution in [0.15, 0.2) is 47.1 Å². The number of allylic oxidation sites excluding steroid dienone is 6. The number of rotatable bonds is 1. The van der Waals surface area contributed by atoms with E-state index < -0.39 is 0 Å². The molecule has 0 aromatic rings. The smallest absolute Gasteiger partial charge is 0.0753 e. The van der Waals surface area contributed by atoms with E-state index in [2.05, 4.69) is 45.6 Å². The van der Waals surface area contributed by atoms with E-state index in [9.17, 15) is 5.11 Å². The molecule has 0 bridgehead atoms. The fourth-order valence-electron chi connectivity index (χ4n) is 2.71. The lowest BCUT2D eigenvalue weighted by Crippen LogP contribution is -2.15. The molecule has 1 aliphatic carbocycles. The van der Waals surface area contributed by atoms with Gasteiger partial charge in [0.1, 0.15) is 0 Å². The lowest BCUT2D eigenvalue weighted by Gasteiger charge is -2.21. The first-order valence-corrected chi connectivity index (χ1v) is 8.21. The van der Waals surface area contributed by atoms with Gasteiger partial charge in [-0.1, -0.05) is 41.5 Å². The van der Waals surface area contributed by atoms with Gasteiger partial charge in [0, 0.05) is 0 Å². The molecular weight excluding hydrogens is 256 g/mol. The zero-order valence-corrected chi connectivity index (χ0v) is 14.3. The molecule has 1 rings (SSSR count). The maximum Gasteiger partial charge on any atom is 0.0753 e. The summed E-state index contributed by atoms with van der Waals surface area (Å²) in [6, 6.07) is 0. The Morgan fingerprint density at radius 2 is 1.62 bits per heavy atom. The zero-order chi connectivity index (χ0) is 15.8. The van der Waals surface area contributed by atoms with Gasteiger partial charge in [-0.3, -0.25) is 0 Å². The summed E-state index contributed by atoms with van der Waals surface area (Å²) in [5.74, 6) is 0.374. The van der Waals surface area contributed by atoms with Gasteiger partial charge < -0.3 is 5.11 Å². The van der Waals surface area contributed by atoms with Crippen molar-refractivity contribution in [2.45, 2.75) is 72.3 Å². The molecule has 0 aromatic heterocycles. The molecule has 2 atom stereocenters. The Kier molecular flexibility index (Phi) is 7.74. The molecule has 0 radical (unpaired) electrons. The van der Waals surface area contributed by atoms with Gasteiger partial charge in [-0.25, -0.2) is 0 Å². The van der Waals surface area contributed by atoms with E-state index in [-0.39, 0.29) is 6.10 Å². The van der Waals surface area contributed by atoms with Crippen LogP contribution in [-0.2, 0) is 0 Å².